The van der Waals surface area contributed by atoms with Gasteiger partial charge in [0.05, 0.1) is 0 Å². The van der Waals surface area contributed by atoms with Gasteiger partial charge in [-0.15, -0.1) is 5.16 Å². The topological polar surface area (TPSA) is 45.5 Å². The molecule has 0 saturated heterocycles. The summed E-state index contributed by atoms with van der Waals surface area (Å²) in [7, 11) is 0. The van der Waals surface area contributed by atoms with Crippen LogP contribution in [-0.2, 0) is 0 Å². The molecule has 1 N–H and O–H groups in total. The van der Waals surface area contributed by atoms with Crippen LogP contribution in [0.25, 0.3) is 0 Å². The van der Waals surface area contributed by atoms with E-state index >= 15 is 0 Å². The molecular weight excluding hydrogens is 196 g/mol. The van der Waals surface area contributed by atoms with Crippen LogP contribution in [0.15, 0.2) is 34.2 Å². The largest absolute Gasteiger partial charge is 0.411 e. The monoisotopic (exact) mass is 202 g/mol. The Bertz CT molecular complexity index is 178. The Hall–Kier alpha value is -0.900. The van der Waals surface area contributed by atoms with Crippen molar-refractivity contribution in [3.05, 3.63) is 29.0 Å². The molecule has 0 spiro atoms. The maximum absolute atomic E-state index is 7.08. The van der Waals surface area contributed by atoms with Gasteiger partial charge in [0.2, 0.25) is 0 Å². The Kier molecular flexibility index (Phi) is 5.66. The number of aromatic nitrogens is 1. The predicted octanol–water partition coefficient (Wildman–Crippen LogP) is 1.92. The predicted molar refractivity (Wildman–Crippen MR) is 43.3 cm³/mol. The van der Waals surface area contributed by atoms with Gasteiger partial charge in [-0.25, -0.2) is 4.98 Å². The van der Waals surface area contributed by atoms with Gasteiger partial charge in [0, 0.05) is 12.9 Å². The zero-order valence-corrected chi connectivity index (χ0v) is 6.82. The Balaban J connectivity index is 0.000000236. The van der Waals surface area contributed by atoms with Crippen molar-refractivity contribution < 1.29 is 5.21 Å². The molecule has 54 valence electrons. The minimum Gasteiger partial charge on any atom is -0.411 e. The summed E-state index contributed by atoms with van der Waals surface area (Å²) >= 11 is 3.20. The lowest BCUT2D eigenvalue weighted by Crippen LogP contribution is -1.66. The number of hydrogen-bond acceptors (Lipinski definition) is 3. The smallest absolute Gasteiger partial charge is 0.106 e. The second kappa shape index (κ2) is 6.22. The van der Waals surface area contributed by atoms with Crippen LogP contribution in [0.3, 0.4) is 0 Å². The van der Waals surface area contributed by atoms with Crippen molar-refractivity contribution in [1.29, 1.82) is 0 Å². The SMILES string of the molecule is Brc1ccccn1.C=NO. The average Bonchev–Trinajstić information content (AvgIpc) is 1.91. The molecule has 0 aromatic carbocycles. The minimum absolute atomic E-state index is 0.884. The highest BCUT2D eigenvalue weighted by Gasteiger charge is 1.75. The van der Waals surface area contributed by atoms with Gasteiger partial charge in [-0.05, 0) is 28.1 Å². The lowest BCUT2D eigenvalue weighted by Gasteiger charge is -1.80. The molecule has 1 rings (SSSR count). The zero-order valence-electron chi connectivity index (χ0n) is 5.24. The van der Waals surface area contributed by atoms with Crippen LogP contribution in [0, 0.1) is 0 Å². The van der Waals surface area contributed by atoms with E-state index in [1.165, 1.54) is 0 Å². The minimum atomic E-state index is 0.884. The van der Waals surface area contributed by atoms with Gasteiger partial charge < -0.3 is 5.21 Å². The molecule has 0 radical (unpaired) electrons. The van der Waals surface area contributed by atoms with Crippen LogP contribution in [0.4, 0.5) is 0 Å². The third-order valence-electron chi connectivity index (χ3n) is 0.629. The molecule has 1 heterocycles. The van der Waals surface area contributed by atoms with Gasteiger partial charge >= 0.3 is 0 Å². The van der Waals surface area contributed by atoms with Crippen molar-refractivity contribution in [1.82, 2.24) is 4.98 Å². The molecule has 1 aromatic heterocycles. The van der Waals surface area contributed by atoms with E-state index in [1.807, 2.05) is 18.2 Å². The number of oxime groups is 1. The summed E-state index contributed by atoms with van der Waals surface area (Å²) in [5, 5.41) is 9.33. The van der Waals surface area contributed by atoms with Crippen LogP contribution < -0.4 is 0 Å². The summed E-state index contributed by atoms with van der Waals surface area (Å²) in [6.07, 6.45) is 1.74. The highest BCUT2D eigenvalue weighted by atomic mass is 79.9. The molecule has 10 heavy (non-hydrogen) atoms. The lowest BCUT2D eigenvalue weighted by atomic mass is 10.5. The molecule has 0 aliphatic heterocycles. The van der Waals surface area contributed by atoms with Crippen molar-refractivity contribution in [2.45, 2.75) is 0 Å². The first-order valence-electron chi connectivity index (χ1n) is 2.48. The number of nitrogens with zero attached hydrogens (tertiary/aromatic N) is 2. The molecule has 0 unspecified atom stereocenters. The standard InChI is InChI=1S/C5H4BrN.CH3NO/c6-5-3-1-2-4-7-5;1-2-3/h1-4H;3H,1H2. The van der Waals surface area contributed by atoms with Crippen molar-refractivity contribution in [3.8, 4) is 0 Å². The summed E-state index contributed by atoms with van der Waals surface area (Å²) in [5.41, 5.74) is 0. The third-order valence-corrected chi connectivity index (χ3v) is 1.10. The van der Waals surface area contributed by atoms with E-state index in [-0.39, 0.29) is 0 Å². The van der Waals surface area contributed by atoms with Gasteiger partial charge in [0.25, 0.3) is 0 Å². The molecule has 3 nitrogen and oxygen atoms in total. The van der Waals surface area contributed by atoms with Crippen LogP contribution in [0.1, 0.15) is 0 Å². The fourth-order valence-corrected chi connectivity index (χ4v) is 0.613. The van der Waals surface area contributed by atoms with Crippen molar-refractivity contribution in [2.24, 2.45) is 5.16 Å². The molecule has 0 amide bonds. The summed E-state index contributed by atoms with van der Waals surface area (Å²) in [5.74, 6) is 0. The quantitative estimate of drug-likeness (QED) is 0.303. The van der Waals surface area contributed by atoms with Crippen molar-refractivity contribution in [2.75, 3.05) is 0 Å². The second-order valence-electron chi connectivity index (χ2n) is 1.29. The summed E-state index contributed by atoms with van der Waals surface area (Å²) < 4.78 is 0.884. The van der Waals surface area contributed by atoms with Crippen LogP contribution >= 0.6 is 15.9 Å². The summed E-state index contributed by atoms with van der Waals surface area (Å²) in [6, 6.07) is 5.70. The first-order valence-corrected chi connectivity index (χ1v) is 3.27. The summed E-state index contributed by atoms with van der Waals surface area (Å²) in [6.45, 7) is 2.67. The molecule has 4 heteroatoms. The molecular formula is C6H7BrN2O. The maximum Gasteiger partial charge on any atom is 0.106 e. The maximum atomic E-state index is 7.08. The molecule has 0 atom stereocenters. The van der Waals surface area contributed by atoms with E-state index in [0.717, 1.165) is 4.60 Å². The van der Waals surface area contributed by atoms with E-state index in [4.69, 9.17) is 5.21 Å². The highest BCUT2D eigenvalue weighted by molar-refractivity contribution is 9.10. The van der Waals surface area contributed by atoms with Crippen LogP contribution in [0.5, 0.6) is 0 Å². The van der Waals surface area contributed by atoms with Gasteiger partial charge in [-0.2, -0.15) is 0 Å². The second-order valence-corrected chi connectivity index (χ2v) is 2.11. The fourth-order valence-electron chi connectivity index (χ4n) is 0.342. The molecule has 0 aliphatic rings. The van der Waals surface area contributed by atoms with E-state index in [0.29, 0.717) is 0 Å². The number of hydrogen-bond donors (Lipinski definition) is 1. The van der Waals surface area contributed by atoms with E-state index in [1.54, 1.807) is 6.20 Å². The fraction of sp³-hybridized carbons (Fsp3) is 0. The van der Waals surface area contributed by atoms with Gasteiger partial charge in [0.15, 0.2) is 0 Å². The highest BCUT2D eigenvalue weighted by Crippen LogP contribution is 2.00. The van der Waals surface area contributed by atoms with E-state index < -0.39 is 0 Å². The van der Waals surface area contributed by atoms with E-state index in [9.17, 15) is 0 Å². The van der Waals surface area contributed by atoms with Gasteiger partial charge in [-0.3, -0.25) is 0 Å². The Labute approximate surface area is 67.5 Å². The molecule has 0 fully saturated rings. The summed E-state index contributed by atoms with van der Waals surface area (Å²) in [4.78, 5) is 3.90. The molecule has 0 bridgehead atoms. The number of rotatable bonds is 0. The molecule has 0 aliphatic carbocycles. The lowest BCUT2D eigenvalue weighted by molar-refractivity contribution is 0.323. The third kappa shape index (κ3) is 5.24. The van der Waals surface area contributed by atoms with Crippen molar-refractivity contribution >= 4 is 22.6 Å². The zero-order chi connectivity index (χ0) is 7.82. The number of pyridine rings is 1. The molecule has 0 saturated carbocycles. The Morgan fingerprint density at radius 2 is 2.20 bits per heavy atom. The van der Waals surface area contributed by atoms with Gasteiger partial charge in [0.1, 0.15) is 4.60 Å². The van der Waals surface area contributed by atoms with Crippen LogP contribution in [0.2, 0.25) is 0 Å². The molecule has 1 aromatic rings. The van der Waals surface area contributed by atoms with Crippen LogP contribution in [-0.4, -0.2) is 16.9 Å². The van der Waals surface area contributed by atoms with E-state index in [2.05, 4.69) is 32.8 Å². The Morgan fingerprint density at radius 3 is 2.40 bits per heavy atom. The Morgan fingerprint density at radius 1 is 1.60 bits per heavy atom. The number of halogens is 1. The van der Waals surface area contributed by atoms with Crippen molar-refractivity contribution in [3.63, 3.8) is 0 Å². The first-order chi connectivity index (χ1) is 4.81. The first kappa shape index (κ1) is 9.10. The van der Waals surface area contributed by atoms with Gasteiger partial charge in [-0.1, -0.05) is 6.07 Å². The average molecular weight is 203 g/mol. The normalized spacial score (nSPS) is 7.30.